The Hall–Kier alpha value is -3.22. The number of aromatic nitrogens is 5. The summed E-state index contributed by atoms with van der Waals surface area (Å²) in [6.45, 7) is 4.68. The molecule has 0 atom stereocenters. The second kappa shape index (κ2) is 7.80. The Labute approximate surface area is 163 Å². The van der Waals surface area contributed by atoms with Gasteiger partial charge in [-0.2, -0.15) is 0 Å². The number of pyridine rings is 1. The maximum absolute atomic E-state index is 12.3. The largest absolute Gasteiger partial charge is 0.349 e. The fourth-order valence-electron chi connectivity index (χ4n) is 3.53. The molecule has 4 aromatic rings. The van der Waals surface area contributed by atoms with Gasteiger partial charge in [0.05, 0.1) is 17.6 Å². The molecule has 3 aromatic heterocycles. The lowest BCUT2D eigenvalue weighted by molar-refractivity contribution is -0.121. The van der Waals surface area contributed by atoms with Gasteiger partial charge in [0.25, 0.3) is 0 Å². The second-order valence-corrected chi connectivity index (χ2v) is 7.16. The van der Waals surface area contributed by atoms with E-state index in [1.165, 1.54) is 0 Å². The molecule has 1 N–H and O–H groups in total. The Morgan fingerprint density at radius 1 is 1.07 bits per heavy atom. The smallest absolute Gasteiger partial charge is 0.220 e. The van der Waals surface area contributed by atoms with Gasteiger partial charge in [-0.15, -0.1) is 10.2 Å². The zero-order chi connectivity index (χ0) is 19.5. The summed E-state index contributed by atoms with van der Waals surface area (Å²) in [5, 5.41) is 11.4. The lowest BCUT2D eigenvalue weighted by Gasteiger charge is -2.13. The van der Waals surface area contributed by atoms with E-state index in [0.29, 0.717) is 19.4 Å². The van der Waals surface area contributed by atoms with Gasteiger partial charge in [-0.05, 0) is 44.5 Å². The number of carbonyl (C=O) groups is 1. The number of aryl methyl sites for hydroxylation is 1. The van der Waals surface area contributed by atoms with Gasteiger partial charge in [-0.3, -0.25) is 9.20 Å². The third kappa shape index (κ3) is 3.60. The zero-order valence-corrected chi connectivity index (χ0v) is 16.2. The maximum Gasteiger partial charge on any atom is 0.220 e. The van der Waals surface area contributed by atoms with Crippen LogP contribution >= 0.6 is 0 Å². The summed E-state index contributed by atoms with van der Waals surface area (Å²) in [5.41, 5.74) is 2.88. The van der Waals surface area contributed by atoms with Gasteiger partial charge < -0.3 is 9.88 Å². The molecule has 0 radical (unpaired) electrons. The molecule has 1 aromatic carbocycles. The van der Waals surface area contributed by atoms with Crippen molar-refractivity contribution in [3.63, 3.8) is 0 Å². The number of carbonyl (C=O) groups excluding carboxylic acids is 1. The van der Waals surface area contributed by atoms with E-state index in [9.17, 15) is 4.79 Å². The highest BCUT2D eigenvalue weighted by Gasteiger charge is 2.14. The molecule has 0 saturated carbocycles. The monoisotopic (exact) mass is 376 g/mol. The van der Waals surface area contributed by atoms with Gasteiger partial charge in [0.1, 0.15) is 11.6 Å². The Kier molecular flexibility index (Phi) is 5.06. The summed E-state index contributed by atoms with van der Waals surface area (Å²) in [6.07, 6.45) is 3.83. The van der Waals surface area contributed by atoms with Crippen molar-refractivity contribution in [3.05, 3.63) is 60.3 Å². The van der Waals surface area contributed by atoms with Gasteiger partial charge in [0.2, 0.25) is 5.91 Å². The molecule has 0 bridgehead atoms. The molecule has 1 amide bonds. The predicted molar refractivity (Wildman–Crippen MR) is 108 cm³/mol. The molecule has 0 fully saturated rings. The van der Waals surface area contributed by atoms with Crippen molar-refractivity contribution in [3.8, 4) is 0 Å². The van der Waals surface area contributed by atoms with E-state index in [-0.39, 0.29) is 11.9 Å². The summed E-state index contributed by atoms with van der Waals surface area (Å²) >= 11 is 0. The Balaban J connectivity index is 1.35. The highest BCUT2D eigenvalue weighted by molar-refractivity contribution is 5.77. The van der Waals surface area contributed by atoms with Gasteiger partial charge in [-0.25, -0.2) is 4.98 Å². The Morgan fingerprint density at radius 2 is 1.89 bits per heavy atom. The van der Waals surface area contributed by atoms with Crippen LogP contribution in [0, 0.1) is 0 Å². The first kappa shape index (κ1) is 18.2. The molecule has 0 unspecified atom stereocenters. The van der Waals surface area contributed by atoms with Crippen LogP contribution in [-0.2, 0) is 17.8 Å². The fraction of sp³-hybridized carbons (Fsp3) is 0.333. The van der Waals surface area contributed by atoms with Gasteiger partial charge in [0.15, 0.2) is 5.65 Å². The van der Waals surface area contributed by atoms with Crippen LogP contribution in [0.5, 0.6) is 0 Å². The summed E-state index contributed by atoms with van der Waals surface area (Å²) in [6, 6.07) is 14.2. The molecule has 28 heavy (non-hydrogen) atoms. The number of hydrogen-bond acceptors (Lipinski definition) is 4. The van der Waals surface area contributed by atoms with E-state index in [2.05, 4.69) is 45.0 Å². The number of amides is 1. The minimum atomic E-state index is 0.0242. The quantitative estimate of drug-likeness (QED) is 0.537. The molecule has 7 heteroatoms. The van der Waals surface area contributed by atoms with Crippen molar-refractivity contribution in [2.45, 2.75) is 45.7 Å². The summed E-state index contributed by atoms with van der Waals surface area (Å²) in [4.78, 5) is 17.0. The number of benzene rings is 1. The molecule has 0 spiro atoms. The fourth-order valence-corrected chi connectivity index (χ4v) is 3.53. The molecular weight excluding hydrogens is 352 g/mol. The van der Waals surface area contributed by atoms with Crippen LogP contribution < -0.4 is 5.32 Å². The summed E-state index contributed by atoms with van der Waals surface area (Å²) in [7, 11) is 0. The number of para-hydroxylation sites is 2. The highest BCUT2D eigenvalue weighted by Crippen LogP contribution is 2.20. The van der Waals surface area contributed by atoms with E-state index >= 15 is 0 Å². The normalized spacial score (nSPS) is 11.5. The molecule has 0 aliphatic rings. The third-order valence-electron chi connectivity index (χ3n) is 4.82. The number of fused-ring (bicyclic) bond motifs is 2. The summed E-state index contributed by atoms with van der Waals surface area (Å²) < 4.78 is 4.14. The summed E-state index contributed by atoms with van der Waals surface area (Å²) in [5.74, 6) is 1.79. The Morgan fingerprint density at radius 3 is 2.75 bits per heavy atom. The Bertz CT molecular complexity index is 1110. The first-order valence-corrected chi connectivity index (χ1v) is 9.64. The van der Waals surface area contributed by atoms with Crippen LogP contribution in [0.15, 0.2) is 48.7 Å². The van der Waals surface area contributed by atoms with Crippen molar-refractivity contribution in [2.75, 3.05) is 0 Å². The van der Waals surface area contributed by atoms with Crippen molar-refractivity contribution in [1.29, 1.82) is 0 Å². The van der Waals surface area contributed by atoms with Gasteiger partial charge in [0, 0.05) is 25.1 Å². The minimum Gasteiger partial charge on any atom is -0.349 e. The van der Waals surface area contributed by atoms with E-state index in [1.54, 1.807) is 0 Å². The minimum absolute atomic E-state index is 0.0242. The van der Waals surface area contributed by atoms with Crippen molar-refractivity contribution in [2.24, 2.45) is 0 Å². The first-order chi connectivity index (χ1) is 13.6. The third-order valence-corrected chi connectivity index (χ3v) is 4.82. The molecule has 0 saturated heterocycles. The van der Waals surface area contributed by atoms with Crippen molar-refractivity contribution in [1.82, 2.24) is 29.5 Å². The van der Waals surface area contributed by atoms with Gasteiger partial charge >= 0.3 is 0 Å². The molecule has 7 nitrogen and oxygen atoms in total. The van der Waals surface area contributed by atoms with Gasteiger partial charge in [-0.1, -0.05) is 18.2 Å². The molecule has 4 rings (SSSR count). The number of rotatable bonds is 7. The number of hydrogen-bond donors (Lipinski definition) is 1. The number of nitrogens with zero attached hydrogens (tertiary/aromatic N) is 5. The molecule has 3 heterocycles. The lowest BCUT2D eigenvalue weighted by Crippen LogP contribution is -2.25. The number of nitrogens with one attached hydrogen (secondary N) is 1. The first-order valence-electron chi connectivity index (χ1n) is 9.64. The molecule has 0 aliphatic carbocycles. The average Bonchev–Trinajstić information content (AvgIpc) is 3.27. The SMILES string of the molecule is CC(C)n1c(CNC(=O)CCCc2nnc3ccccn23)nc2ccccc21. The average molecular weight is 376 g/mol. The van der Waals surface area contributed by atoms with Crippen molar-refractivity contribution < 1.29 is 4.79 Å². The molecule has 144 valence electrons. The second-order valence-electron chi connectivity index (χ2n) is 7.16. The van der Waals surface area contributed by atoms with Crippen LogP contribution in [0.3, 0.4) is 0 Å². The van der Waals surface area contributed by atoms with Crippen LogP contribution in [0.25, 0.3) is 16.7 Å². The topological polar surface area (TPSA) is 77.1 Å². The maximum atomic E-state index is 12.3. The van der Waals surface area contributed by atoms with Crippen LogP contribution in [0.4, 0.5) is 0 Å². The zero-order valence-electron chi connectivity index (χ0n) is 16.2. The van der Waals surface area contributed by atoms with E-state index < -0.39 is 0 Å². The van der Waals surface area contributed by atoms with E-state index in [0.717, 1.165) is 34.8 Å². The highest BCUT2D eigenvalue weighted by atomic mass is 16.1. The van der Waals surface area contributed by atoms with Crippen molar-refractivity contribution >= 4 is 22.6 Å². The molecule has 0 aliphatic heterocycles. The van der Waals surface area contributed by atoms with E-state index in [4.69, 9.17) is 0 Å². The van der Waals surface area contributed by atoms with Crippen LogP contribution in [0.1, 0.15) is 44.4 Å². The predicted octanol–water partition coefficient (Wildman–Crippen LogP) is 3.30. The standard InChI is InChI=1S/C21H24N6O/c1-15(2)27-17-9-4-3-8-16(17)23-20(27)14-22-21(28)12-7-11-19-25-24-18-10-5-6-13-26(18)19/h3-6,8-10,13,15H,7,11-12,14H2,1-2H3,(H,22,28). The van der Waals surface area contributed by atoms with Crippen LogP contribution in [0.2, 0.25) is 0 Å². The lowest BCUT2D eigenvalue weighted by atomic mass is 10.2. The molecular formula is C21H24N6O. The number of imidazole rings is 1. The van der Waals surface area contributed by atoms with Crippen LogP contribution in [-0.4, -0.2) is 30.1 Å². The van der Waals surface area contributed by atoms with E-state index in [1.807, 2.05) is 47.0 Å².